The molecule has 0 saturated carbocycles. The van der Waals surface area contributed by atoms with Crippen LogP contribution >= 0.6 is 0 Å². The maximum absolute atomic E-state index is 12.8. The predicted molar refractivity (Wildman–Crippen MR) is 109 cm³/mol. The molecule has 0 N–H and O–H groups in total. The summed E-state index contributed by atoms with van der Waals surface area (Å²) < 4.78 is 60.6. The van der Waals surface area contributed by atoms with E-state index >= 15 is 0 Å². The first-order valence-corrected chi connectivity index (χ1v) is 12.1. The third-order valence-electron chi connectivity index (χ3n) is 4.34. The van der Waals surface area contributed by atoms with Crippen LogP contribution in [0.5, 0.6) is 0 Å². The van der Waals surface area contributed by atoms with E-state index in [2.05, 4.69) is 0 Å². The van der Waals surface area contributed by atoms with Gasteiger partial charge < -0.3 is 9.15 Å². The quantitative estimate of drug-likeness (QED) is 0.533. The van der Waals surface area contributed by atoms with Crippen molar-refractivity contribution in [2.75, 3.05) is 23.9 Å². The number of nitrogens with zero attached hydrogens (tertiary/aromatic N) is 2. The Bertz CT molecular complexity index is 1370. The standard InChI is InChI=1S/C18H18N2O8S2/c1-11-16(18(22)27-2)13-10-12(7-8-14(13)19(11)29(3,23)24)20(30(4,25)26)17(21)15-6-5-9-28-15/h5-10H,1-4H3. The predicted octanol–water partition coefficient (Wildman–Crippen LogP) is 1.74. The molecule has 160 valence electrons. The Morgan fingerprint density at radius 2 is 1.77 bits per heavy atom. The summed E-state index contributed by atoms with van der Waals surface area (Å²) in [5.41, 5.74) is 0.0821. The SMILES string of the molecule is COC(=O)c1c(C)n(S(C)(=O)=O)c2ccc(N(C(=O)c3ccco3)S(C)(=O)=O)cc12. The maximum atomic E-state index is 12.8. The molecule has 2 heterocycles. The third kappa shape index (κ3) is 3.59. The van der Waals surface area contributed by atoms with Gasteiger partial charge in [0.05, 0.1) is 42.7 Å². The summed E-state index contributed by atoms with van der Waals surface area (Å²) in [6.45, 7) is 1.43. The molecule has 2 aromatic heterocycles. The number of esters is 1. The lowest BCUT2D eigenvalue weighted by molar-refractivity contribution is 0.0602. The van der Waals surface area contributed by atoms with E-state index in [-0.39, 0.29) is 33.6 Å². The molecule has 0 saturated heterocycles. The topological polar surface area (TPSA) is 133 Å². The Morgan fingerprint density at radius 3 is 2.27 bits per heavy atom. The van der Waals surface area contributed by atoms with Crippen LogP contribution in [0.4, 0.5) is 5.69 Å². The molecule has 3 rings (SSSR count). The molecule has 1 amide bonds. The van der Waals surface area contributed by atoms with Crippen molar-refractivity contribution in [2.45, 2.75) is 6.92 Å². The number of fused-ring (bicyclic) bond motifs is 1. The van der Waals surface area contributed by atoms with Gasteiger partial charge in [-0.25, -0.2) is 29.9 Å². The number of furan rings is 1. The lowest BCUT2D eigenvalue weighted by atomic mass is 10.1. The maximum Gasteiger partial charge on any atom is 0.340 e. The summed E-state index contributed by atoms with van der Waals surface area (Å²) in [6.07, 6.45) is 3.03. The Kier molecular flexibility index (Phi) is 5.24. The van der Waals surface area contributed by atoms with Gasteiger partial charge in [0.1, 0.15) is 0 Å². The molecule has 0 bridgehead atoms. The summed E-state index contributed by atoms with van der Waals surface area (Å²) in [6, 6.07) is 6.58. The van der Waals surface area contributed by atoms with Crippen molar-refractivity contribution in [3.8, 4) is 0 Å². The van der Waals surface area contributed by atoms with Gasteiger partial charge in [-0.1, -0.05) is 0 Å². The Morgan fingerprint density at radius 1 is 1.10 bits per heavy atom. The second-order valence-corrected chi connectivity index (χ2v) is 10.2. The number of rotatable bonds is 5. The van der Waals surface area contributed by atoms with E-state index < -0.39 is 31.9 Å². The van der Waals surface area contributed by atoms with Crippen LogP contribution in [0.15, 0.2) is 41.0 Å². The molecule has 3 aromatic rings. The van der Waals surface area contributed by atoms with Gasteiger partial charge in [-0.15, -0.1) is 0 Å². The van der Waals surface area contributed by atoms with Crippen molar-refractivity contribution in [1.29, 1.82) is 0 Å². The lowest BCUT2D eigenvalue weighted by Gasteiger charge is -2.19. The van der Waals surface area contributed by atoms with Crippen molar-refractivity contribution in [3.63, 3.8) is 0 Å². The highest BCUT2D eigenvalue weighted by Gasteiger charge is 2.31. The van der Waals surface area contributed by atoms with Crippen LogP contribution in [-0.2, 0) is 24.8 Å². The second-order valence-electron chi connectivity index (χ2n) is 6.49. The van der Waals surface area contributed by atoms with Crippen molar-refractivity contribution < 1.29 is 35.6 Å². The van der Waals surface area contributed by atoms with Crippen LogP contribution in [-0.4, -0.2) is 52.3 Å². The van der Waals surface area contributed by atoms with Crippen molar-refractivity contribution in [1.82, 2.24) is 3.97 Å². The molecule has 1 aromatic carbocycles. The zero-order valence-electron chi connectivity index (χ0n) is 16.4. The lowest BCUT2D eigenvalue weighted by Crippen LogP contribution is -2.36. The minimum absolute atomic E-state index is 0.0568. The zero-order chi connectivity index (χ0) is 22.4. The Labute approximate surface area is 172 Å². The van der Waals surface area contributed by atoms with E-state index in [9.17, 15) is 26.4 Å². The first kappa shape index (κ1) is 21.6. The summed E-state index contributed by atoms with van der Waals surface area (Å²) in [5, 5.41) is 0.114. The molecule has 0 aliphatic rings. The number of hydrogen-bond acceptors (Lipinski definition) is 8. The number of benzene rings is 1. The highest BCUT2D eigenvalue weighted by molar-refractivity contribution is 7.92. The number of carbonyl (C=O) groups excluding carboxylic acids is 2. The number of anilines is 1. The number of sulfonamides is 1. The molecule has 0 spiro atoms. The molecular weight excluding hydrogens is 436 g/mol. The Balaban J connectivity index is 2.35. The van der Waals surface area contributed by atoms with Crippen LogP contribution in [0.3, 0.4) is 0 Å². The monoisotopic (exact) mass is 454 g/mol. The van der Waals surface area contributed by atoms with Gasteiger partial charge in [-0.05, 0) is 37.3 Å². The minimum Gasteiger partial charge on any atom is -0.465 e. The van der Waals surface area contributed by atoms with Crippen LogP contribution < -0.4 is 4.31 Å². The molecule has 12 heteroatoms. The summed E-state index contributed by atoms with van der Waals surface area (Å²) >= 11 is 0. The van der Waals surface area contributed by atoms with Crippen molar-refractivity contribution in [3.05, 3.63) is 53.6 Å². The fourth-order valence-electron chi connectivity index (χ4n) is 3.25. The van der Waals surface area contributed by atoms with Crippen molar-refractivity contribution >= 4 is 48.5 Å². The smallest absolute Gasteiger partial charge is 0.340 e. The average Bonchev–Trinajstić information content (AvgIpc) is 3.24. The van der Waals surface area contributed by atoms with Gasteiger partial charge in [-0.2, -0.15) is 0 Å². The molecule has 0 radical (unpaired) electrons. The van der Waals surface area contributed by atoms with Gasteiger partial charge in [0.2, 0.25) is 20.0 Å². The largest absolute Gasteiger partial charge is 0.465 e. The van der Waals surface area contributed by atoms with Crippen LogP contribution in [0, 0.1) is 6.92 Å². The van der Waals surface area contributed by atoms with Gasteiger partial charge in [0, 0.05) is 11.1 Å². The van der Waals surface area contributed by atoms with E-state index in [1.807, 2.05) is 0 Å². The number of aromatic nitrogens is 1. The third-order valence-corrected chi connectivity index (χ3v) is 6.51. The van der Waals surface area contributed by atoms with Gasteiger partial charge >= 0.3 is 11.9 Å². The zero-order valence-corrected chi connectivity index (χ0v) is 18.1. The first-order valence-electron chi connectivity index (χ1n) is 8.40. The Hall–Kier alpha value is -3.12. The van der Waals surface area contributed by atoms with E-state index in [4.69, 9.17) is 9.15 Å². The molecule has 0 fully saturated rings. The highest BCUT2D eigenvalue weighted by Crippen LogP contribution is 2.32. The summed E-state index contributed by atoms with van der Waals surface area (Å²) in [4.78, 5) is 25.1. The van der Waals surface area contributed by atoms with Crippen LogP contribution in [0.1, 0.15) is 26.6 Å². The van der Waals surface area contributed by atoms with Gasteiger partial charge in [0.15, 0.2) is 5.76 Å². The van der Waals surface area contributed by atoms with Crippen LogP contribution in [0.25, 0.3) is 10.9 Å². The van der Waals surface area contributed by atoms with E-state index in [1.165, 1.54) is 43.5 Å². The molecule has 10 nitrogen and oxygen atoms in total. The normalized spacial score (nSPS) is 12.1. The number of ether oxygens (including phenoxy) is 1. The van der Waals surface area contributed by atoms with Crippen LogP contribution in [0.2, 0.25) is 0 Å². The molecular formula is C18H18N2O8S2. The molecule has 0 aliphatic heterocycles. The summed E-state index contributed by atoms with van der Waals surface area (Å²) in [7, 11) is -6.76. The number of methoxy groups -OCH3 is 1. The number of hydrogen-bond donors (Lipinski definition) is 0. The highest BCUT2D eigenvalue weighted by atomic mass is 32.2. The van der Waals surface area contributed by atoms with Crippen molar-refractivity contribution in [2.24, 2.45) is 0 Å². The molecule has 0 unspecified atom stereocenters. The van der Waals surface area contributed by atoms with E-state index in [0.29, 0.717) is 4.31 Å². The molecule has 30 heavy (non-hydrogen) atoms. The summed E-state index contributed by atoms with van der Waals surface area (Å²) in [5.74, 6) is -1.96. The molecule has 0 aliphatic carbocycles. The van der Waals surface area contributed by atoms with Gasteiger partial charge in [-0.3, -0.25) is 4.79 Å². The minimum atomic E-state index is -4.10. The van der Waals surface area contributed by atoms with E-state index in [1.54, 1.807) is 0 Å². The first-order chi connectivity index (χ1) is 13.9. The van der Waals surface area contributed by atoms with E-state index in [0.717, 1.165) is 23.6 Å². The number of amides is 1. The number of carbonyl (C=O) groups is 2. The van der Waals surface area contributed by atoms with Gasteiger partial charge in [0.25, 0.3) is 0 Å². The second kappa shape index (κ2) is 7.29. The fraction of sp³-hybridized carbons (Fsp3) is 0.222. The molecule has 0 atom stereocenters. The fourth-order valence-corrected chi connectivity index (χ4v) is 5.24. The average molecular weight is 454 g/mol.